The Hall–Kier alpha value is -2.69. The summed E-state index contributed by atoms with van der Waals surface area (Å²) in [7, 11) is 0. The summed E-state index contributed by atoms with van der Waals surface area (Å²) in [5.41, 5.74) is 3.51. The zero-order valence-electron chi connectivity index (χ0n) is 15.5. The highest BCUT2D eigenvalue weighted by Crippen LogP contribution is 2.20. The molecule has 1 aliphatic rings. The number of fused-ring (bicyclic) bond motifs is 1. The standard InChI is InChI=1S/C21H24N2O3/c1-14-7-4-5-9-17(14)20(25)26-13-21(2,3)23-19(24)16-11-15-8-6-10-18(15)22-12-16/h4-5,7,9,11-12H,6,8,10,13H2,1-3H3,(H,23,24). The fourth-order valence-electron chi connectivity index (χ4n) is 3.09. The van der Waals surface area contributed by atoms with Crippen LogP contribution in [0.4, 0.5) is 0 Å². The molecule has 2 aromatic rings. The molecular weight excluding hydrogens is 328 g/mol. The number of esters is 1. The molecule has 5 heteroatoms. The molecule has 26 heavy (non-hydrogen) atoms. The minimum atomic E-state index is -0.686. The average Bonchev–Trinajstić information content (AvgIpc) is 3.07. The van der Waals surface area contributed by atoms with Crippen molar-refractivity contribution in [2.24, 2.45) is 0 Å². The molecule has 1 aromatic heterocycles. The van der Waals surface area contributed by atoms with Crippen molar-refractivity contribution < 1.29 is 14.3 Å². The molecule has 3 rings (SSSR count). The number of pyridine rings is 1. The Morgan fingerprint density at radius 2 is 2.00 bits per heavy atom. The number of ether oxygens (including phenoxy) is 1. The lowest BCUT2D eigenvalue weighted by Gasteiger charge is -2.26. The van der Waals surface area contributed by atoms with Crippen LogP contribution in [-0.4, -0.2) is 29.0 Å². The van der Waals surface area contributed by atoms with Crippen LogP contribution in [-0.2, 0) is 17.6 Å². The molecule has 0 aliphatic heterocycles. The molecule has 0 bridgehead atoms. The van der Waals surface area contributed by atoms with Gasteiger partial charge in [-0.05, 0) is 63.3 Å². The molecule has 0 saturated carbocycles. The molecule has 1 aliphatic carbocycles. The molecule has 0 saturated heterocycles. The van der Waals surface area contributed by atoms with Gasteiger partial charge in [0, 0.05) is 11.9 Å². The Kier molecular flexibility index (Phi) is 5.07. The highest BCUT2D eigenvalue weighted by Gasteiger charge is 2.25. The molecule has 1 amide bonds. The van der Waals surface area contributed by atoms with E-state index in [0.29, 0.717) is 11.1 Å². The second-order valence-corrected chi connectivity index (χ2v) is 7.41. The van der Waals surface area contributed by atoms with Gasteiger partial charge in [0.15, 0.2) is 0 Å². The number of hydrogen-bond acceptors (Lipinski definition) is 4. The first-order valence-corrected chi connectivity index (χ1v) is 8.89. The van der Waals surface area contributed by atoms with Crippen molar-refractivity contribution in [2.75, 3.05) is 6.61 Å². The first kappa shape index (κ1) is 18.1. The molecule has 1 aromatic carbocycles. The minimum Gasteiger partial charge on any atom is -0.460 e. The van der Waals surface area contributed by atoms with E-state index in [-0.39, 0.29) is 18.5 Å². The van der Waals surface area contributed by atoms with Crippen LogP contribution in [0.2, 0.25) is 0 Å². The van der Waals surface area contributed by atoms with Crippen molar-refractivity contribution in [1.29, 1.82) is 0 Å². The molecule has 0 atom stereocenters. The van der Waals surface area contributed by atoms with Gasteiger partial charge < -0.3 is 10.1 Å². The van der Waals surface area contributed by atoms with Crippen molar-refractivity contribution in [3.63, 3.8) is 0 Å². The lowest BCUT2D eigenvalue weighted by atomic mass is 10.1. The maximum absolute atomic E-state index is 12.5. The van der Waals surface area contributed by atoms with E-state index in [2.05, 4.69) is 10.3 Å². The van der Waals surface area contributed by atoms with Gasteiger partial charge in [-0.15, -0.1) is 0 Å². The van der Waals surface area contributed by atoms with Gasteiger partial charge in [-0.2, -0.15) is 0 Å². The van der Waals surface area contributed by atoms with E-state index in [1.807, 2.05) is 39.0 Å². The zero-order valence-corrected chi connectivity index (χ0v) is 15.5. The number of carbonyl (C=O) groups excluding carboxylic acids is 2. The van der Waals surface area contributed by atoms with E-state index in [1.54, 1.807) is 18.3 Å². The average molecular weight is 352 g/mol. The number of benzene rings is 1. The Morgan fingerprint density at radius 3 is 2.77 bits per heavy atom. The highest BCUT2D eigenvalue weighted by molar-refractivity contribution is 5.94. The van der Waals surface area contributed by atoms with E-state index in [1.165, 1.54) is 0 Å². The number of aromatic nitrogens is 1. The third-order valence-electron chi connectivity index (χ3n) is 4.56. The van der Waals surface area contributed by atoms with Gasteiger partial charge in [-0.25, -0.2) is 4.79 Å². The summed E-state index contributed by atoms with van der Waals surface area (Å²) in [4.78, 5) is 29.2. The Morgan fingerprint density at radius 1 is 1.23 bits per heavy atom. The van der Waals surface area contributed by atoms with Crippen molar-refractivity contribution in [1.82, 2.24) is 10.3 Å². The number of aryl methyl sites for hydroxylation is 3. The number of nitrogens with one attached hydrogen (secondary N) is 1. The first-order valence-electron chi connectivity index (χ1n) is 8.89. The molecule has 5 nitrogen and oxygen atoms in total. The molecule has 0 radical (unpaired) electrons. The largest absolute Gasteiger partial charge is 0.460 e. The minimum absolute atomic E-state index is 0.0876. The van der Waals surface area contributed by atoms with E-state index in [9.17, 15) is 9.59 Å². The summed E-state index contributed by atoms with van der Waals surface area (Å²) in [6.45, 7) is 5.61. The SMILES string of the molecule is Cc1ccccc1C(=O)OCC(C)(C)NC(=O)c1cnc2c(c1)CCC2. The quantitative estimate of drug-likeness (QED) is 0.839. The normalized spacial score (nSPS) is 13.2. The van der Waals surface area contributed by atoms with Gasteiger partial charge in [0.2, 0.25) is 0 Å². The Balaban J connectivity index is 1.60. The van der Waals surface area contributed by atoms with Gasteiger partial charge in [0.05, 0.1) is 16.7 Å². The van der Waals surface area contributed by atoms with Crippen LogP contribution in [0.15, 0.2) is 36.5 Å². The van der Waals surface area contributed by atoms with Crippen molar-refractivity contribution in [2.45, 2.75) is 45.6 Å². The molecule has 0 spiro atoms. The molecular formula is C21H24N2O3. The summed E-state index contributed by atoms with van der Waals surface area (Å²) in [6, 6.07) is 9.20. The maximum atomic E-state index is 12.5. The fourth-order valence-corrected chi connectivity index (χ4v) is 3.09. The van der Waals surface area contributed by atoms with E-state index in [0.717, 1.165) is 36.1 Å². The third kappa shape index (κ3) is 4.10. The summed E-state index contributed by atoms with van der Waals surface area (Å²) < 4.78 is 5.42. The van der Waals surface area contributed by atoms with Crippen LogP contribution in [0.5, 0.6) is 0 Å². The van der Waals surface area contributed by atoms with Gasteiger partial charge in [-0.1, -0.05) is 18.2 Å². The lowest BCUT2D eigenvalue weighted by molar-refractivity contribution is 0.0389. The monoisotopic (exact) mass is 352 g/mol. The summed E-state index contributed by atoms with van der Waals surface area (Å²) in [6.07, 6.45) is 4.67. The predicted molar refractivity (Wildman–Crippen MR) is 99.3 cm³/mol. The summed E-state index contributed by atoms with van der Waals surface area (Å²) >= 11 is 0. The van der Waals surface area contributed by atoms with Crippen molar-refractivity contribution >= 4 is 11.9 Å². The number of carbonyl (C=O) groups is 2. The van der Waals surface area contributed by atoms with Crippen molar-refractivity contribution in [3.8, 4) is 0 Å². The van der Waals surface area contributed by atoms with Crippen molar-refractivity contribution in [3.05, 3.63) is 64.5 Å². The third-order valence-corrected chi connectivity index (χ3v) is 4.56. The summed E-state index contributed by atoms with van der Waals surface area (Å²) in [5, 5.41) is 2.93. The van der Waals surface area contributed by atoms with Gasteiger partial charge >= 0.3 is 5.97 Å². The molecule has 0 unspecified atom stereocenters. The summed E-state index contributed by atoms with van der Waals surface area (Å²) in [5.74, 6) is -0.589. The van der Waals surface area contributed by atoms with Crippen LogP contribution in [0, 0.1) is 6.92 Å². The molecule has 1 heterocycles. The zero-order chi connectivity index (χ0) is 18.7. The van der Waals surface area contributed by atoms with Crippen LogP contribution < -0.4 is 5.32 Å². The van der Waals surface area contributed by atoms with Crippen LogP contribution in [0.1, 0.15) is 57.8 Å². The predicted octanol–water partition coefficient (Wildman–Crippen LogP) is 3.24. The molecule has 1 N–H and O–H groups in total. The van der Waals surface area contributed by atoms with Crippen LogP contribution in [0.3, 0.4) is 0 Å². The smallest absolute Gasteiger partial charge is 0.338 e. The Labute approximate surface area is 153 Å². The molecule has 136 valence electrons. The number of hydrogen-bond donors (Lipinski definition) is 1. The second-order valence-electron chi connectivity index (χ2n) is 7.41. The topological polar surface area (TPSA) is 68.3 Å². The Bertz CT molecular complexity index is 843. The highest BCUT2D eigenvalue weighted by atomic mass is 16.5. The number of rotatable bonds is 5. The van der Waals surface area contributed by atoms with Gasteiger partial charge in [-0.3, -0.25) is 9.78 Å². The van der Waals surface area contributed by atoms with Gasteiger partial charge in [0.25, 0.3) is 5.91 Å². The van der Waals surface area contributed by atoms with E-state index < -0.39 is 5.54 Å². The molecule has 0 fully saturated rings. The van der Waals surface area contributed by atoms with Gasteiger partial charge in [0.1, 0.15) is 6.61 Å². The maximum Gasteiger partial charge on any atom is 0.338 e. The van der Waals surface area contributed by atoms with Crippen LogP contribution >= 0.6 is 0 Å². The number of nitrogens with zero attached hydrogens (tertiary/aromatic N) is 1. The second kappa shape index (κ2) is 7.28. The first-order chi connectivity index (χ1) is 12.4. The number of amides is 1. The fraction of sp³-hybridized carbons (Fsp3) is 0.381. The van der Waals surface area contributed by atoms with E-state index in [4.69, 9.17) is 4.74 Å². The lowest BCUT2D eigenvalue weighted by Crippen LogP contribution is -2.47. The van der Waals surface area contributed by atoms with Crippen LogP contribution in [0.25, 0.3) is 0 Å². The van der Waals surface area contributed by atoms with E-state index >= 15 is 0 Å².